The summed E-state index contributed by atoms with van der Waals surface area (Å²) in [5, 5.41) is 0. The highest BCUT2D eigenvalue weighted by Gasteiger charge is 2.50. The molecule has 3 aliphatic rings. The van der Waals surface area contributed by atoms with Crippen molar-refractivity contribution in [3.63, 3.8) is 0 Å². The maximum Gasteiger partial charge on any atom is 0.319 e. The molecule has 0 spiro atoms. The Balaban J connectivity index is 1.81. The number of hydrogen-bond donors (Lipinski definition) is 1. The maximum atomic E-state index is 11.6. The van der Waals surface area contributed by atoms with Gasteiger partial charge in [-0.3, -0.25) is 4.79 Å². The Bertz CT molecular complexity index is 571. The topological polar surface area (TPSA) is 70.8 Å². The van der Waals surface area contributed by atoms with Gasteiger partial charge in [0.2, 0.25) is 0 Å². The molecule has 3 unspecified atom stereocenters. The first-order valence-electron chi connectivity index (χ1n) is 8.76. The third-order valence-electron chi connectivity index (χ3n) is 6.05. The second-order valence-electron chi connectivity index (χ2n) is 7.31. The number of carbonyl (C=O) groups excluding carboxylic acids is 1. The molecule has 2 aliphatic heterocycles. The summed E-state index contributed by atoms with van der Waals surface area (Å²) in [6, 6.07) is 0.442. The van der Waals surface area contributed by atoms with Crippen molar-refractivity contribution in [2.24, 2.45) is 11.7 Å². The molecule has 3 rings (SSSR count). The van der Waals surface area contributed by atoms with Crippen LogP contribution < -0.4 is 5.73 Å². The third-order valence-corrected chi connectivity index (χ3v) is 6.05. The van der Waals surface area contributed by atoms with Crippen LogP contribution in [0.2, 0.25) is 0 Å². The molecule has 24 heavy (non-hydrogen) atoms. The van der Waals surface area contributed by atoms with Gasteiger partial charge in [-0.2, -0.15) is 0 Å². The zero-order valence-electron chi connectivity index (χ0n) is 14.9. The van der Waals surface area contributed by atoms with E-state index in [0.717, 1.165) is 54.8 Å². The van der Waals surface area contributed by atoms with E-state index in [-0.39, 0.29) is 18.6 Å². The van der Waals surface area contributed by atoms with Crippen molar-refractivity contribution in [2.45, 2.75) is 37.8 Å². The van der Waals surface area contributed by atoms with E-state index in [9.17, 15) is 4.79 Å². The summed E-state index contributed by atoms with van der Waals surface area (Å²) in [4.78, 5) is 11.6. The van der Waals surface area contributed by atoms with Crippen LogP contribution in [-0.2, 0) is 19.0 Å². The predicted octanol–water partition coefficient (Wildman–Crippen LogP) is 1.32. The van der Waals surface area contributed by atoms with Gasteiger partial charge in [0.05, 0.1) is 46.9 Å². The fourth-order valence-corrected chi connectivity index (χ4v) is 4.63. The molecular formula is C18H29N2O4+. The summed E-state index contributed by atoms with van der Waals surface area (Å²) < 4.78 is 17.7. The number of hydrogen-bond acceptors (Lipinski definition) is 5. The lowest BCUT2D eigenvalue weighted by atomic mass is 9.73. The molecule has 1 aliphatic carbocycles. The molecule has 4 atom stereocenters. The van der Waals surface area contributed by atoms with Crippen LogP contribution in [-0.4, -0.2) is 63.5 Å². The number of carbonyl (C=O) groups is 1. The Hall–Kier alpha value is -1.53. The van der Waals surface area contributed by atoms with Gasteiger partial charge in [0.25, 0.3) is 0 Å². The number of rotatable bonds is 4. The number of methoxy groups -OCH3 is 2. The SMILES string of the molecule is COC1=C(OC)CC2C(=C1)CC[N+]1(C)CC[C@@H](OC(=O)CN)CC21. The van der Waals surface area contributed by atoms with Gasteiger partial charge in [-0.25, -0.2) is 0 Å². The minimum atomic E-state index is -0.300. The van der Waals surface area contributed by atoms with Crippen LogP contribution in [0.1, 0.15) is 25.7 Å². The van der Waals surface area contributed by atoms with Crippen LogP contribution in [0.3, 0.4) is 0 Å². The average molecular weight is 337 g/mol. The highest BCUT2D eigenvalue weighted by Crippen LogP contribution is 2.45. The zero-order chi connectivity index (χ0) is 17.3. The van der Waals surface area contributed by atoms with Crippen LogP contribution in [0.25, 0.3) is 0 Å². The van der Waals surface area contributed by atoms with Crippen molar-refractivity contribution in [3.8, 4) is 0 Å². The fraction of sp³-hybridized carbons (Fsp3) is 0.722. The summed E-state index contributed by atoms with van der Waals surface area (Å²) in [5.41, 5.74) is 6.84. The molecule has 2 N–H and O–H groups in total. The molecule has 0 aromatic rings. The Morgan fingerprint density at radius 2 is 2.12 bits per heavy atom. The molecular weight excluding hydrogens is 308 g/mol. The Labute approximate surface area is 143 Å². The van der Waals surface area contributed by atoms with Gasteiger partial charge in [0, 0.05) is 31.6 Å². The molecule has 6 nitrogen and oxygen atoms in total. The summed E-state index contributed by atoms with van der Waals surface area (Å²) in [7, 11) is 5.73. The van der Waals surface area contributed by atoms with Crippen molar-refractivity contribution in [2.75, 3.05) is 40.9 Å². The molecule has 6 heteroatoms. The maximum absolute atomic E-state index is 11.6. The van der Waals surface area contributed by atoms with E-state index in [0.29, 0.717) is 12.0 Å². The van der Waals surface area contributed by atoms with E-state index in [4.69, 9.17) is 19.9 Å². The lowest BCUT2D eigenvalue weighted by Crippen LogP contribution is -2.64. The molecule has 0 radical (unpaired) electrons. The number of piperidine rings is 2. The fourth-order valence-electron chi connectivity index (χ4n) is 4.63. The van der Waals surface area contributed by atoms with Crippen LogP contribution in [0.15, 0.2) is 23.2 Å². The smallest absolute Gasteiger partial charge is 0.319 e. The van der Waals surface area contributed by atoms with E-state index >= 15 is 0 Å². The second kappa shape index (κ2) is 6.76. The lowest BCUT2D eigenvalue weighted by Gasteiger charge is -2.53. The standard InChI is InChI=1S/C18H29N2O4/c1-20-6-4-12-8-16(22-2)17(23-3)10-14(12)15(20)9-13(5-7-20)24-18(21)11-19/h8,13-15H,4-7,9-11,19H2,1-3H3/q+1/t13-,14?,15?,20?/m1/s1. The van der Waals surface area contributed by atoms with Crippen molar-refractivity contribution in [1.29, 1.82) is 0 Å². The number of ether oxygens (including phenoxy) is 3. The van der Waals surface area contributed by atoms with Crippen LogP contribution in [0, 0.1) is 5.92 Å². The number of fused-ring (bicyclic) bond motifs is 3. The molecule has 0 bridgehead atoms. The van der Waals surface area contributed by atoms with E-state index in [1.54, 1.807) is 14.2 Å². The first kappa shape index (κ1) is 17.3. The number of quaternary nitrogens is 1. The van der Waals surface area contributed by atoms with Crippen molar-refractivity contribution >= 4 is 5.97 Å². The predicted molar refractivity (Wildman–Crippen MR) is 89.7 cm³/mol. The average Bonchev–Trinajstić information content (AvgIpc) is 2.60. The number of allylic oxidation sites excluding steroid dienone is 2. The number of nitrogens with zero attached hydrogens (tertiary/aromatic N) is 1. The van der Waals surface area contributed by atoms with Gasteiger partial charge < -0.3 is 24.4 Å². The van der Waals surface area contributed by atoms with Gasteiger partial charge >= 0.3 is 5.97 Å². The van der Waals surface area contributed by atoms with Gasteiger partial charge in [-0.1, -0.05) is 5.57 Å². The molecule has 0 saturated carbocycles. The Morgan fingerprint density at radius 3 is 2.79 bits per heavy atom. The number of esters is 1. The normalized spacial score (nSPS) is 35.5. The molecule has 134 valence electrons. The summed E-state index contributed by atoms with van der Waals surface area (Å²) in [5.74, 6) is 1.89. The van der Waals surface area contributed by atoms with Gasteiger partial charge in [-0.15, -0.1) is 0 Å². The minimum absolute atomic E-state index is 0.0182. The van der Waals surface area contributed by atoms with Crippen LogP contribution in [0.5, 0.6) is 0 Å². The van der Waals surface area contributed by atoms with Crippen molar-refractivity contribution in [1.82, 2.24) is 0 Å². The quantitative estimate of drug-likeness (QED) is 0.619. The highest BCUT2D eigenvalue weighted by molar-refractivity contribution is 5.71. The Morgan fingerprint density at radius 1 is 1.33 bits per heavy atom. The van der Waals surface area contributed by atoms with Crippen molar-refractivity contribution < 1.29 is 23.5 Å². The minimum Gasteiger partial charge on any atom is -0.497 e. The number of nitrogens with two attached hydrogens (primary N) is 1. The first-order chi connectivity index (χ1) is 11.5. The summed E-state index contributed by atoms with van der Waals surface area (Å²) in [6.45, 7) is 2.12. The Kier molecular flexibility index (Phi) is 4.88. The van der Waals surface area contributed by atoms with E-state index < -0.39 is 0 Å². The van der Waals surface area contributed by atoms with Gasteiger partial charge in [0.15, 0.2) is 5.76 Å². The van der Waals surface area contributed by atoms with E-state index in [1.807, 2.05) is 0 Å². The van der Waals surface area contributed by atoms with Gasteiger partial charge in [-0.05, 0) is 6.08 Å². The molecule has 2 saturated heterocycles. The highest BCUT2D eigenvalue weighted by atomic mass is 16.5. The largest absolute Gasteiger partial charge is 0.497 e. The lowest BCUT2D eigenvalue weighted by molar-refractivity contribution is -0.945. The molecule has 0 aromatic heterocycles. The first-order valence-corrected chi connectivity index (χ1v) is 8.76. The summed E-state index contributed by atoms with van der Waals surface area (Å²) >= 11 is 0. The van der Waals surface area contributed by atoms with Gasteiger partial charge in [0.1, 0.15) is 11.9 Å². The summed E-state index contributed by atoms with van der Waals surface area (Å²) in [6.07, 6.45) is 5.91. The third kappa shape index (κ3) is 3.05. The van der Waals surface area contributed by atoms with E-state index in [1.165, 1.54) is 5.57 Å². The van der Waals surface area contributed by atoms with E-state index in [2.05, 4.69) is 13.1 Å². The van der Waals surface area contributed by atoms with Crippen LogP contribution in [0.4, 0.5) is 0 Å². The van der Waals surface area contributed by atoms with Crippen LogP contribution >= 0.6 is 0 Å². The van der Waals surface area contributed by atoms with Crippen molar-refractivity contribution in [3.05, 3.63) is 23.2 Å². The second-order valence-corrected chi connectivity index (χ2v) is 7.31. The zero-order valence-corrected chi connectivity index (χ0v) is 14.9. The molecule has 2 fully saturated rings. The molecule has 0 amide bonds. The molecule has 2 heterocycles. The monoisotopic (exact) mass is 337 g/mol. The molecule has 0 aromatic carbocycles.